The van der Waals surface area contributed by atoms with Gasteiger partial charge in [-0.3, -0.25) is 0 Å². The van der Waals surface area contributed by atoms with Gasteiger partial charge in [-0.2, -0.15) is 0 Å². The average molecular weight is 243 g/mol. The maximum Gasteiger partial charge on any atom is 0.167 e. The SMILES string of the molecule is Cc1ccc(-c2cc(C3(CO)CC3)no2)cc1C. The highest BCUT2D eigenvalue weighted by Gasteiger charge is 2.46. The van der Waals surface area contributed by atoms with Crippen molar-refractivity contribution in [3.05, 3.63) is 41.1 Å². The van der Waals surface area contributed by atoms with E-state index in [4.69, 9.17) is 4.52 Å². The van der Waals surface area contributed by atoms with Gasteiger partial charge in [0.05, 0.1) is 12.3 Å². The van der Waals surface area contributed by atoms with Crippen molar-refractivity contribution in [1.82, 2.24) is 5.16 Å². The first-order valence-electron chi connectivity index (χ1n) is 6.30. The van der Waals surface area contributed by atoms with Gasteiger partial charge in [-0.1, -0.05) is 17.3 Å². The van der Waals surface area contributed by atoms with Crippen LogP contribution in [0, 0.1) is 13.8 Å². The molecular formula is C15H17NO2. The zero-order chi connectivity index (χ0) is 12.8. The van der Waals surface area contributed by atoms with Gasteiger partial charge in [-0.15, -0.1) is 0 Å². The van der Waals surface area contributed by atoms with Gasteiger partial charge in [0.1, 0.15) is 0 Å². The van der Waals surface area contributed by atoms with Crippen molar-refractivity contribution >= 4 is 0 Å². The van der Waals surface area contributed by atoms with Crippen molar-refractivity contribution < 1.29 is 9.63 Å². The number of hydrogen-bond acceptors (Lipinski definition) is 3. The van der Waals surface area contributed by atoms with Crippen molar-refractivity contribution in [1.29, 1.82) is 0 Å². The van der Waals surface area contributed by atoms with E-state index >= 15 is 0 Å². The smallest absolute Gasteiger partial charge is 0.167 e. The standard InChI is InChI=1S/C15H17NO2/c1-10-3-4-12(7-11(10)2)13-8-14(16-18-13)15(9-17)5-6-15/h3-4,7-8,17H,5-6,9H2,1-2H3. The van der Waals surface area contributed by atoms with Crippen LogP contribution in [0.2, 0.25) is 0 Å². The van der Waals surface area contributed by atoms with Gasteiger partial charge in [0.25, 0.3) is 0 Å². The zero-order valence-electron chi connectivity index (χ0n) is 10.7. The number of aryl methyl sites for hydroxylation is 2. The van der Waals surface area contributed by atoms with Crippen LogP contribution >= 0.6 is 0 Å². The summed E-state index contributed by atoms with van der Waals surface area (Å²) in [6.07, 6.45) is 2.00. The van der Waals surface area contributed by atoms with Gasteiger partial charge >= 0.3 is 0 Å². The van der Waals surface area contributed by atoms with Crippen LogP contribution in [0.1, 0.15) is 29.7 Å². The third-order valence-corrected chi connectivity index (χ3v) is 4.00. The summed E-state index contributed by atoms with van der Waals surface area (Å²) in [4.78, 5) is 0. The average Bonchev–Trinajstić information content (AvgIpc) is 3.02. The molecule has 1 aliphatic carbocycles. The van der Waals surface area contributed by atoms with E-state index in [-0.39, 0.29) is 12.0 Å². The van der Waals surface area contributed by atoms with E-state index in [1.165, 1.54) is 11.1 Å². The van der Waals surface area contributed by atoms with Gasteiger partial charge in [-0.25, -0.2) is 0 Å². The minimum Gasteiger partial charge on any atom is -0.395 e. The summed E-state index contributed by atoms with van der Waals surface area (Å²) >= 11 is 0. The van der Waals surface area contributed by atoms with Crippen LogP contribution < -0.4 is 0 Å². The number of rotatable bonds is 3. The summed E-state index contributed by atoms with van der Waals surface area (Å²) in [6, 6.07) is 8.21. The Morgan fingerprint density at radius 2 is 2.00 bits per heavy atom. The number of hydrogen-bond donors (Lipinski definition) is 1. The van der Waals surface area contributed by atoms with E-state index in [9.17, 15) is 5.11 Å². The van der Waals surface area contributed by atoms with Crippen molar-refractivity contribution in [2.75, 3.05) is 6.61 Å². The lowest BCUT2D eigenvalue weighted by molar-refractivity contribution is 0.248. The molecule has 94 valence electrons. The van der Waals surface area contributed by atoms with Crippen LogP contribution in [0.3, 0.4) is 0 Å². The van der Waals surface area contributed by atoms with Crippen molar-refractivity contribution in [3.8, 4) is 11.3 Å². The summed E-state index contributed by atoms with van der Waals surface area (Å²) in [5.41, 5.74) is 4.33. The van der Waals surface area contributed by atoms with Gasteiger partial charge in [0.2, 0.25) is 0 Å². The Labute approximate surface area is 106 Å². The molecule has 1 aliphatic rings. The van der Waals surface area contributed by atoms with E-state index in [1.54, 1.807) is 0 Å². The topological polar surface area (TPSA) is 46.3 Å². The summed E-state index contributed by atoms with van der Waals surface area (Å²) in [6.45, 7) is 4.34. The fraction of sp³-hybridized carbons (Fsp3) is 0.400. The molecule has 1 saturated carbocycles. The molecule has 18 heavy (non-hydrogen) atoms. The molecule has 0 amide bonds. The molecule has 3 rings (SSSR count). The van der Waals surface area contributed by atoms with Gasteiger partial charge in [-0.05, 0) is 43.9 Å². The Balaban J connectivity index is 1.95. The lowest BCUT2D eigenvalue weighted by Crippen LogP contribution is -2.11. The van der Waals surface area contributed by atoms with E-state index in [0.29, 0.717) is 0 Å². The van der Waals surface area contributed by atoms with Crippen LogP contribution in [-0.4, -0.2) is 16.9 Å². The van der Waals surface area contributed by atoms with Gasteiger partial charge < -0.3 is 9.63 Å². The third kappa shape index (κ3) is 1.75. The largest absolute Gasteiger partial charge is 0.395 e. The minimum absolute atomic E-state index is 0.124. The third-order valence-electron chi connectivity index (χ3n) is 4.00. The first-order valence-corrected chi connectivity index (χ1v) is 6.30. The predicted octanol–water partition coefficient (Wildman–Crippen LogP) is 2.98. The second kappa shape index (κ2) is 3.95. The van der Waals surface area contributed by atoms with E-state index in [2.05, 4.69) is 31.1 Å². The lowest BCUT2D eigenvalue weighted by Gasteiger charge is -2.04. The normalized spacial score (nSPS) is 16.8. The summed E-state index contributed by atoms with van der Waals surface area (Å²) < 4.78 is 5.41. The summed E-state index contributed by atoms with van der Waals surface area (Å²) in [5, 5.41) is 13.5. The van der Waals surface area contributed by atoms with Gasteiger partial charge in [0, 0.05) is 17.0 Å². The second-order valence-electron chi connectivity index (χ2n) is 5.31. The van der Waals surface area contributed by atoms with Gasteiger partial charge in [0.15, 0.2) is 5.76 Å². The number of aliphatic hydroxyl groups excluding tert-OH is 1. The Morgan fingerprint density at radius 1 is 1.22 bits per heavy atom. The molecule has 0 saturated heterocycles. The maximum atomic E-state index is 9.39. The van der Waals surface area contributed by atoms with Crippen LogP contribution in [0.4, 0.5) is 0 Å². The molecule has 1 aromatic carbocycles. The van der Waals surface area contributed by atoms with Crippen LogP contribution in [0.15, 0.2) is 28.8 Å². The molecular weight excluding hydrogens is 226 g/mol. The lowest BCUT2D eigenvalue weighted by atomic mass is 10.0. The highest BCUT2D eigenvalue weighted by Crippen LogP contribution is 2.47. The fourth-order valence-corrected chi connectivity index (χ4v) is 2.20. The van der Waals surface area contributed by atoms with Crippen LogP contribution in [-0.2, 0) is 5.41 Å². The molecule has 1 fully saturated rings. The number of benzene rings is 1. The van der Waals surface area contributed by atoms with Crippen molar-refractivity contribution in [3.63, 3.8) is 0 Å². The molecule has 1 heterocycles. The molecule has 0 aliphatic heterocycles. The Kier molecular flexibility index (Phi) is 2.52. The Hall–Kier alpha value is -1.61. The molecule has 0 bridgehead atoms. The molecule has 1 aromatic heterocycles. The van der Waals surface area contributed by atoms with Crippen LogP contribution in [0.25, 0.3) is 11.3 Å². The molecule has 3 nitrogen and oxygen atoms in total. The fourth-order valence-electron chi connectivity index (χ4n) is 2.20. The Morgan fingerprint density at radius 3 is 2.61 bits per heavy atom. The first-order chi connectivity index (χ1) is 8.64. The van der Waals surface area contributed by atoms with Crippen LogP contribution in [0.5, 0.6) is 0 Å². The zero-order valence-corrected chi connectivity index (χ0v) is 10.7. The van der Waals surface area contributed by atoms with E-state index in [0.717, 1.165) is 29.9 Å². The molecule has 1 N–H and O–H groups in total. The maximum absolute atomic E-state index is 9.39. The first kappa shape index (κ1) is 11.5. The molecule has 0 radical (unpaired) electrons. The molecule has 2 aromatic rings. The minimum atomic E-state index is -0.124. The summed E-state index contributed by atoms with van der Waals surface area (Å²) in [5.74, 6) is 0.785. The van der Waals surface area contributed by atoms with E-state index < -0.39 is 0 Å². The molecule has 0 atom stereocenters. The number of aromatic nitrogens is 1. The molecule has 3 heteroatoms. The summed E-state index contributed by atoms with van der Waals surface area (Å²) in [7, 11) is 0. The highest BCUT2D eigenvalue weighted by atomic mass is 16.5. The second-order valence-corrected chi connectivity index (χ2v) is 5.31. The number of aliphatic hydroxyl groups is 1. The van der Waals surface area contributed by atoms with E-state index in [1.807, 2.05) is 12.1 Å². The highest BCUT2D eigenvalue weighted by molar-refractivity contribution is 5.60. The van der Waals surface area contributed by atoms with Crippen molar-refractivity contribution in [2.24, 2.45) is 0 Å². The van der Waals surface area contributed by atoms with Crippen molar-refractivity contribution in [2.45, 2.75) is 32.1 Å². The molecule has 0 unspecified atom stereocenters. The monoisotopic (exact) mass is 243 g/mol. The number of nitrogens with zero attached hydrogens (tertiary/aromatic N) is 1. The molecule has 0 spiro atoms. The quantitative estimate of drug-likeness (QED) is 0.901. The predicted molar refractivity (Wildman–Crippen MR) is 69.4 cm³/mol. The Bertz CT molecular complexity index is 582.